The lowest BCUT2D eigenvalue weighted by Crippen LogP contribution is -2.40. The number of unbranched alkanes of at least 4 members (excludes halogenated alkanes) is 6. The van der Waals surface area contributed by atoms with Gasteiger partial charge in [-0.3, -0.25) is 4.79 Å². The van der Waals surface area contributed by atoms with Crippen LogP contribution in [0.15, 0.2) is 0 Å². The Morgan fingerprint density at radius 1 is 1.00 bits per heavy atom. The van der Waals surface area contributed by atoms with Gasteiger partial charge < -0.3 is 9.80 Å². The highest BCUT2D eigenvalue weighted by atomic mass is 16.2. The van der Waals surface area contributed by atoms with Crippen molar-refractivity contribution >= 4 is 11.7 Å². The van der Waals surface area contributed by atoms with E-state index in [1.165, 1.54) is 56.9 Å². The second-order valence-electron chi connectivity index (χ2n) is 9.13. The summed E-state index contributed by atoms with van der Waals surface area (Å²) < 4.78 is 0. The van der Waals surface area contributed by atoms with Gasteiger partial charge in [-0.25, -0.2) is 9.97 Å². The molecule has 1 aromatic rings. The minimum atomic E-state index is 0.308. The molecule has 1 saturated heterocycles. The third kappa shape index (κ3) is 6.16. The van der Waals surface area contributed by atoms with Gasteiger partial charge in [0.15, 0.2) is 0 Å². The molecule has 0 unspecified atom stereocenters. The molecule has 0 aromatic carbocycles. The van der Waals surface area contributed by atoms with E-state index in [2.05, 4.69) is 18.7 Å². The van der Waals surface area contributed by atoms with Crippen molar-refractivity contribution in [2.24, 2.45) is 5.92 Å². The number of carbonyl (C=O) groups is 1. The molecule has 29 heavy (non-hydrogen) atoms. The number of aromatic nitrogens is 2. The lowest BCUT2D eigenvalue weighted by atomic mass is 9.98. The van der Waals surface area contributed by atoms with Crippen molar-refractivity contribution in [2.45, 2.75) is 97.9 Å². The van der Waals surface area contributed by atoms with E-state index in [1.807, 2.05) is 11.8 Å². The molecule has 0 saturated carbocycles. The quantitative estimate of drug-likeness (QED) is 0.545. The van der Waals surface area contributed by atoms with Gasteiger partial charge in [0.2, 0.25) is 5.91 Å². The molecule has 0 aliphatic carbocycles. The van der Waals surface area contributed by atoms with Crippen molar-refractivity contribution < 1.29 is 4.79 Å². The molecule has 0 N–H and O–H groups in total. The third-order valence-electron chi connectivity index (χ3n) is 6.58. The largest absolute Gasteiger partial charge is 0.356 e. The molecular weight excluding hydrogens is 360 g/mol. The van der Waals surface area contributed by atoms with Gasteiger partial charge >= 0.3 is 0 Å². The highest BCUT2D eigenvalue weighted by Crippen LogP contribution is 2.30. The van der Waals surface area contributed by atoms with Crippen LogP contribution in [0.2, 0.25) is 0 Å². The molecule has 1 aromatic heterocycles. The summed E-state index contributed by atoms with van der Waals surface area (Å²) in [4.78, 5) is 26.8. The summed E-state index contributed by atoms with van der Waals surface area (Å²) in [6.45, 7) is 10.2. The lowest BCUT2D eigenvalue weighted by Gasteiger charge is -2.36. The van der Waals surface area contributed by atoms with Crippen LogP contribution >= 0.6 is 0 Å². The SMILES string of the molecule is CCCCCCCCCC(=O)N1CCc2nc(C)nc(N3CCC(C)CC3)c2C1. The number of aryl methyl sites for hydroxylation is 1. The van der Waals surface area contributed by atoms with Crippen molar-refractivity contribution in [3.63, 3.8) is 0 Å². The average Bonchev–Trinajstić information content (AvgIpc) is 2.72. The second-order valence-corrected chi connectivity index (χ2v) is 9.13. The summed E-state index contributed by atoms with van der Waals surface area (Å²) >= 11 is 0. The van der Waals surface area contributed by atoms with Gasteiger partial charge in [0.25, 0.3) is 0 Å². The number of amides is 1. The zero-order chi connectivity index (χ0) is 20.6. The maximum atomic E-state index is 12.8. The Morgan fingerprint density at radius 3 is 2.41 bits per heavy atom. The zero-order valence-corrected chi connectivity index (χ0v) is 18.9. The Kier molecular flexibility index (Phi) is 8.31. The molecule has 5 nitrogen and oxygen atoms in total. The molecule has 0 radical (unpaired) electrons. The first-order valence-electron chi connectivity index (χ1n) is 12.0. The maximum Gasteiger partial charge on any atom is 0.222 e. The van der Waals surface area contributed by atoms with Gasteiger partial charge in [-0.1, -0.05) is 52.4 Å². The van der Waals surface area contributed by atoms with Crippen LogP contribution in [0.1, 0.15) is 95.1 Å². The Labute approximate surface area is 177 Å². The number of piperidine rings is 1. The van der Waals surface area contributed by atoms with E-state index in [-0.39, 0.29) is 0 Å². The fraction of sp³-hybridized carbons (Fsp3) is 0.792. The molecule has 2 aliphatic heterocycles. The third-order valence-corrected chi connectivity index (χ3v) is 6.58. The maximum absolute atomic E-state index is 12.8. The predicted molar refractivity (Wildman–Crippen MR) is 119 cm³/mol. The molecule has 2 aliphatic rings. The number of hydrogen-bond acceptors (Lipinski definition) is 4. The number of nitrogens with zero attached hydrogens (tertiary/aromatic N) is 4. The highest BCUT2D eigenvalue weighted by molar-refractivity contribution is 5.76. The number of hydrogen-bond donors (Lipinski definition) is 0. The molecule has 0 spiro atoms. The van der Waals surface area contributed by atoms with Gasteiger partial charge in [-0.05, 0) is 32.1 Å². The standard InChI is InChI=1S/C24H40N4O/c1-4-5-6-7-8-9-10-11-23(29)28-17-14-22-21(18-28)24(26-20(3)25-22)27-15-12-19(2)13-16-27/h19H,4-18H2,1-3H3. The van der Waals surface area contributed by atoms with Gasteiger partial charge in [-0.2, -0.15) is 0 Å². The van der Waals surface area contributed by atoms with Crippen molar-refractivity contribution in [1.29, 1.82) is 0 Å². The zero-order valence-electron chi connectivity index (χ0n) is 18.9. The Hall–Kier alpha value is -1.65. The first-order chi connectivity index (χ1) is 14.1. The van der Waals surface area contributed by atoms with Gasteiger partial charge in [0, 0.05) is 38.0 Å². The van der Waals surface area contributed by atoms with E-state index >= 15 is 0 Å². The molecule has 162 valence electrons. The Balaban J connectivity index is 1.56. The average molecular weight is 401 g/mol. The summed E-state index contributed by atoms with van der Waals surface area (Å²) in [7, 11) is 0. The smallest absolute Gasteiger partial charge is 0.222 e. The summed E-state index contributed by atoms with van der Waals surface area (Å²) in [6, 6.07) is 0. The van der Waals surface area contributed by atoms with E-state index in [1.54, 1.807) is 0 Å². The van der Waals surface area contributed by atoms with Crippen LogP contribution in [0, 0.1) is 12.8 Å². The number of carbonyl (C=O) groups excluding carboxylic acids is 1. The fourth-order valence-electron chi connectivity index (χ4n) is 4.60. The first-order valence-corrected chi connectivity index (χ1v) is 12.0. The summed E-state index contributed by atoms with van der Waals surface area (Å²) in [5.74, 6) is 3.06. The molecular formula is C24H40N4O. The lowest BCUT2D eigenvalue weighted by molar-refractivity contribution is -0.132. The molecule has 3 heterocycles. The van der Waals surface area contributed by atoms with Crippen molar-refractivity contribution in [1.82, 2.24) is 14.9 Å². The predicted octanol–water partition coefficient (Wildman–Crippen LogP) is 5.05. The summed E-state index contributed by atoms with van der Waals surface area (Å²) in [5.41, 5.74) is 2.36. The minimum absolute atomic E-state index is 0.308. The fourth-order valence-corrected chi connectivity index (χ4v) is 4.60. The van der Waals surface area contributed by atoms with Crippen LogP contribution in [0.4, 0.5) is 5.82 Å². The monoisotopic (exact) mass is 400 g/mol. The number of fused-ring (bicyclic) bond motifs is 1. The van der Waals surface area contributed by atoms with E-state index < -0.39 is 0 Å². The van der Waals surface area contributed by atoms with Crippen LogP contribution in [0.25, 0.3) is 0 Å². The van der Waals surface area contributed by atoms with E-state index in [9.17, 15) is 4.79 Å². The van der Waals surface area contributed by atoms with Gasteiger partial charge in [-0.15, -0.1) is 0 Å². The number of rotatable bonds is 9. The highest BCUT2D eigenvalue weighted by Gasteiger charge is 2.28. The van der Waals surface area contributed by atoms with E-state index in [0.717, 1.165) is 55.7 Å². The molecule has 1 fully saturated rings. The van der Waals surface area contributed by atoms with E-state index in [0.29, 0.717) is 18.9 Å². The molecule has 5 heteroatoms. The van der Waals surface area contributed by atoms with E-state index in [4.69, 9.17) is 9.97 Å². The molecule has 3 rings (SSSR count). The minimum Gasteiger partial charge on any atom is -0.356 e. The van der Waals surface area contributed by atoms with Crippen LogP contribution in [-0.4, -0.2) is 40.4 Å². The van der Waals surface area contributed by atoms with Crippen LogP contribution in [-0.2, 0) is 17.8 Å². The van der Waals surface area contributed by atoms with Crippen molar-refractivity contribution in [3.8, 4) is 0 Å². The van der Waals surface area contributed by atoms with Crippen LogP contribution < -0.4 is 4.90 Å². The molecule has 0 bridgehead atoms. The second kappa shape index (κ2) is 10.9. The van der Waals surface area contributed by atoms with Crippen molar-refractivity contribution in [3.05, 3.63) is 17.1 Å². The van der Waals surface area contributed by atoms with Crippen molar-refractivity contribution in [2.75, 3.05) is 24.5 Å². The van der Waals surface area contributed by atoms with Crippen LogP contribution in [0.3, 0.4) is 0 Å². The molecule has 0 atom stereocenters. The van der Waals surface area contributed by atoms with Gasteiger partial charge in [0.05, 0.1) is 12.2 Å². The first kappa shape index (κ1) is 22.0. The Morgan fingerprint density at radius 2 is 1.69 bits per heavy atom. The summed E-state index contributed by atoms with van der Waals surface area (Å²) in [6.07, 6.45) is 12.7. The van der Waals surface area contributed by atoms with Crippen LogP contribution in [0.5, 0.6) is 0 Å². The normalized spacial score (nSPS) is 17.5. The molecule has 1 amide bonds. The topological polar surface area (TPSA) is 49.3 Å². The number of anilines is 1. The van der Waals surface area contributed by atoms with Gasteiger partial charge in [0.1, 0.15) is 11.6 Å². The Bertz CT molecular complexity index is 667. The summed E-state index contributed by atoms with van der Waals surface area (Å²) in [5, 5.41) is 0.